The van der Waals surface area contributed by atoms with E-state index in [9.17, 15) is 10.1 Å². The van der Waals surface area contributed by atoms with Crippen LogP contribution < -0.4 is 19.3 Å². The number of nitro groups is 1. The minimum absolute atomic E-state index is 0.149. The lowest BCUT2D eigenvalue weighted by Crippen LogP contribution is -3.27. The van der Waals surface area contributed by atoms with Crippen molar-refractivity contribution in [2.75, 3.05) is 40.4 Å². The molecule has 0 unspecified atom stereocenters. The number of nitrogens with one attached hydrogen (secondary N) is 2. The lowest BCUT2D eigenvalue weighted by atomic mass is 10.1. The zero-order chi connectivity index (χ0) is 19.2. The van der Waals surface area contributed by atoms with Crippen molar-refractivity contribution in [3.05, 3.63) is 63.7 Å². The molecule has 2 N–H and O–H groups in total. The monoisotopic (exact) mass is 373 g/mol. The molecule has 0 amide bonds. The molecular formula is C20H27N3O4+2. The molecule has 7 nitrogen and oxygen atoms in total. The van der Waals surface area contributed by atoms with Crippen molar-refractivity contribution in [3.63, 3.8) is 0 Å². The molecule has 0 atom stereocenters. The number of hydrogen-bond acceptors (Lipinski definition) is 4. The molecule has 0 saturated carbocycles. The summed E-state index contributed by atoms with van der Waals surface area (Å²) in [5.74, 6) is 1.69. The van der Waals surface area contributed by atoms with Crippen molar-refractivity contribution in [2.24, 2.45) is 0 Å². The molecule has 1 saturated heterocycles. The Hall–Kier alpha value is -2.64. The maximum atomic E-state index is 10.8. The van der Waals surface area contributed by atoms with Crippen molar-refractivity contribution in [1.82, 2.24) is 0 Å². The van der Waals surface area contributed by atoms with Crippen molar-refractivity contribution >= 4 is 5.69 Å². The number of benzene rings is 2. The van der Waals surface area contributed by atoms with Gasteiger partial charge in [0, 0.05) is 29.3 Å². The number of ether oxygens (including phenoxy) is 2. The molecular weight excluding hydrogens is 346 g/mol. The molecule has 0 aliphatic carbocycles. The maximum absolute atomic E-state index is 10.8. The largest absolute Gasteiger partial charge is 0.497 e. The van der Waals surface area contributed by atoms with Gasteiger partial charge in [-0.25, -0.2) is 0 Å². The molecule has 1 aliphatic rings. The van der Waals surface area contributed by atoms with Crippen LogP contribution in [0.15, 0.2) is 42.5 Å². The van der Waals surface area contributed by atoms with Crippen LogP contribution in [-0.2, 0) is 13.1 Å². The quantitative estimate of drug-likeness (QED) is 0.533. The van der Waals surface area contributed by atoms with Crippen LogP contribution in [0.2, 0.25) is 0 Å². The molecule has 144 valence electrons. The Kier molecular flexibility index (Phi) is 6.26. The van der Waals surface area contributed by atoms with Crippen LogP contribution in [0.25, 0.3) is 0 Å². The van der Waals surface area contributed by atoms with E-state index < -0.39 is 0 Å². The molecule has 0 radical (unpaired) electrons. The minimum atomic E-state index is -0.355. The van der Waals surface area contributed by atoms with Gasteiger partial charge in [0.25, 0.3) is 5.69 Å². The predicted molar refractivity (Wildman–Crippen MR) is 101 cm³/mol. The highest BCUT2D eigenvalue weighted by atomic mass is 16.6. The Morgan fingerprint density at radius 3 is 2.11 bits per heavy atom. The van der Waals surface area contributed by atoms with E-state index in [2.05, 4.69) is 6.07 Å². The van der Waals surface area contributed by atoms with Gasteiger partial charge < -0.3 is 19.3 Å². The van der Waals surface area contributed by atoms with Crippen LogP contribution in [0.1, 0.15) is 11.1 Å². The second-order valence-electron chi connectivity index (χ2n) is 6.95. The summed E-state index contributed by atoms with van der Waals surface area (Å²) in [4.78, 5) is 13.5. The summed E-state index contributed by atoms with van der Waals surface area (Å²) < 4.78 is 10.8. The van der Waals surface area contributed by atoms with Gasteiger partial charge in [0.2, 0.25) is 0 Å². The van der Waals surface area contributed by atoms with E-state index in [4.69, 9.17) is 9.47 Å². The Bertz CT molecular complexity index is 771. The Morgan fingerprint density at radius 2 is 1.56 bits per heavy atom. The van der Waals surface area contributed by atoms with E-state index in [1.165, 1.54) is 10.5 Å². The van der Waals surface area contributed by atoms with Crippen LogP contribution in [-0.4, -0.2) is 45.3 Å². The van der Waals surface area contributed by atoms with Crippen molar-refractivity contribution < 1.29 is 24.2 Å². The van der Waals surface area contributed by atoms with Crippen LogP contribution in [0.4, 0.5) is 5.69 Å². The SMILES string of the molecule is COc1ccc(C[NH+]2CC[NH+](Cc3ccc([N+](=O)[O-])cc3)CC2)c(OC)c1. The highest BCUT2D eigenvalue weighted by molar-refractivity contribution is 5.40. The molecule has 7 heteroatoms. The van der Waals surface area contributed by atoms with Crippen LogP contribution in [0.3, 0.4) is 0 Å². The summed E-state index contributed by atoms with van der Waals surface area (Å²) in [7, 11) is 3.35. The van der Waals surface area contributed by atoms with E-state index in [1.54, 1.807) is 31.3 Å². The van der Waals surface area contributed by atoms with Crippen LogP contribution in [0, 0.1) is 10.1 Å². The lowest BCUT2D eigenvalue weighted by molar-refractivity contribution is -1.02. The summed E-state index contributed by atoms with van der Waals surface area (Å²) in [6.07, 6.45) is 0. The number of piperazine rings is 1. The third-order valence-corrected chi connectivity index (χ3v) is 5.20. The van der Waals surface area contributed by atoms with Gasteiger partial charge >= 0.3 is 0 Å². The number of nitrogens with zero attached hydrogens (tertiary/aromatic N) is 1. The van der Waals surface area contributed by atoms with Gasteiger partial charge in [0.05, 0.1) is 19.1 Å². The van der Waals surface area contributed by atoms with E-state index in [0.717, 1.165) is 56.3 Å². The van der Waals surface area contributed by atoms with Gasteiger partial charge in [-0.2, -0.15) is 0 Å². The first kappa shape index (κ1) is 19.1. The number of hydrogen-bond donors (Lipinski definition) is 2. The third kappa shape index (κ3) is 4.96. The zero-order valence-electron chi connectivity index (χ0n) is 15.9. The first-order valence-electron chi connectivity index (χ1n) is 9.20. The highest BCUT2D eigenvalue weighted by Gasteiger charge is 2.24. The first-order valence-corrected chi connectivity index (χ1v) is 9.20. The van der Waals surface area contributed by atoms with Gasteiger partial charge in [0.15, 0.2) is 0 Å². The van der Waals surface area contributed by atoms with Crippen molar-refractivity contribution in [3.8, 4) is 11.5 Å². The number of quaternary nitrogens is 2. The topological polar surface area (TPSA) is 70.5 Å². The van der Waals surface area contributed by atoms with E-state index in [1.807, 2.05) is 24.3 Å². The number of nitro benzene ring substituents is 1. The average molecular weight is 373 g/mol. The second-order valence-corrected chi connectivity index (χ2v) is 6.95. The molecule has 1 fully saturated rings. The van der Waals surface area contributed by atoms with Gasteiger partial charge in [-0.05, 0) is 24.3 Å². The molecule has 27 heavy (non-hydrogen) atoms. The molecule has 0 aromatic heterocycles. The van der Waals surface area contributed by atoms with Crippen LogP contribution >= 0.6 is 0 Å². The Labute approximate surface area is 159 Å². The normalized spacial score (nSPS) is 19.5. The lowest BCUT2D eigenvalue weighted by Gasteiger charge is -2.30. The smallest absolute Gasteiger partial charge is 0.269 e. The molecule has 1 aliphatic heterocycles. The van der Waals surface area contributed by atoms with Gasteiger partial charge in [-0.1, -0.05) is 0 Å². The number of methoxy groups -OCH3 is 2. The molecule has 0 bridgehead atoms. The number of rotatable bonds is 7. The summed E-state index contributed by atoms with van der Waals surface area (Å²) in [6, 6.07) is 12.9. The van der Waals surface area contributed by atoms with Gasteiger partial charge in [0.1, 0.15) is 50.8 Å². The summed E-state index contributed by atoms with van der Waals surface area (Å²) >= 11 is 0. The zero-order valence-corrected chi connectivity index (χ0v) is 15.9. The van der Waals surface area contributed by atoms with E-state index in [0.29, 0.717) is 0 Å². The summed E-state index contributed by atoms with van der Waals surface area (Å²) in [5.41, 5.74) is 2.50. The average Bonchev–Trinajstić information content (AvgIpc) is 2.70. The fourth-order valence-corrected chi connectivity index (χ4v) is 3.60. The molecule has 2 aromatic rings. The Balaban J connectivity index is 1.52. The molecule has 3 rings (SSSR count). The van der Waals surface area contributed by atoms with Crippen molar-refractivity contribution in [2.45, 2.75) is 13.1 Å². The van der Waals surface area contributed by atoms with Crippen LogP contribution in [0.5, 0.6) is 11.5 Å². The van der Waals surface area contributed by atoms with Gasteiger partial charge in [-0.3, -0.25) is 10.1 Å². The van der Waals surface area contributed by atoms with E-state index in [-0.39, 0.29) is 10.6 Å². The fraction of sp³-hybridized carbons (Fsp3) is 0.400. The van der Waals surface area contributed by atoms with Crippen molar-refractivity contribution in [1.29, 1.82) is 0 Å². The third-order valence-electron chi connectivity index (χ3n) is 5.20. The number of non-ortho nitro benzene ring substituents is 1. The standard InChI is InChI=1S/C20H25N3O4/c1-26-19-8-5-17(20(13-19)27-2)15-22-11-9-21(10-12-22)14-16-3-6-18(7-4-16)23(24)25/h3-8,13H,9-12,14-15H2,1-2H3/p+2. The maximum Gasteiger partial charge on any atom is 0.269 e. The molecule has 0 spiro atoms. The van der Waals surface area contributed by atoms with Gasteiger partial charge in [-0.15, -0.1) is 0 Å². The fourth-order valence-electron chi connectivity index (χ4n) is 3.60. The summed E-state index contributed by atoms with van der Waals surface area (Å²) in [5, 5.41) is 10.8. The minimum Gasteiger partial charge on any atom is -0.497 e. The second kappa shape index (κ2) is 8.83. The Morgan fingerprint density at radius 1 is 0.926 bits per heavy atom. The molecule has 2 aromatic carbocycles. The summed E-state index contributed by atoms with van der Waals surface area (Å²) in [6.45, 7) is 6.22. The predicted octanol–water partition coefficient (Wildman–Crippen LogP) is 0.0956. The molecule has 1 heterocycles. The highest BCUT2D eigenvalue weighted by Crippen LogP contribution is 2.23. The van der Waals surface area contributed by atoms with E-state index >= 15 is 0 Å². The first-order chi connectivity index (χ1) is 13.1.